The van der Waals surface area contributed by atoms with Gasteiger partial charge in [-0.05, 0) is 48.0 Å². The van der Waals surface area contributed by atoms with Gasteiger partial charge in [0.1, 0.15) is 5.82 Å². The number of nitrogens with zero attached hydrogens (tertiary/aromatic N) is 3. The van der Waals surface area contributed by atoms with Crippen LogP contribution in [0.25, 0.3) is 77.5 Å². The Hall–Kier alpha value is -5.61. The zero-order chi connectivity index (χ0) is 26.9. The normalized spacial score (nSPS) is 11.9. The smallest absolute Gasteiger partial charge is 0.145 e. The summed E-state index contributed by atoms with van der Waals surface area (Å²) in [6, 6.07) is 47.2. The average Bonchev–Trinajstić information content (AvgIpc) is 3.71. The minimum Gasteiger partial charge on any atom is -0.353 e. The van der Waals surface area contributed by atoms with Crippen LogP contribution in [0.2, 0.25) is 0 Å². The van der Waals surface area contributed by atoms with Crippen molar-refractivity contribution in [3.05, 3.63) is 140 Å². The lowest BCUT2D eigenvalue weighted by Gasteiger charge is -2.10. The predicted octanol–water partition coefficient (Wildman–Crippen LogP) is 9.40. The number of rotatable bonds is 3. The number of pyridine rings is 1. The number of H-pyrrole nitrogens is 1. The van der Waals surface area contributed by atoms with Gasteiger partial charge in [-0.15, -0.1) is 0 Å². The SMILES string of the molecule is c1ccc(-n2c(-c3ccc(-c4c5ccccc5n5ccc6c7ccccc7[nH]c6c45)cc3)nc3ccccc32)cc1. The quantitative estimate of drug-likeness (QED) is 0.246. The van der Waals surface area contributed by atoms with E-state index in [9.17, 15) is 0 Å². The van der Waals surface area contributed by atoms with Crippen molar-refractivity contribution in [1.29, 1.82) is 0 Å². The molecule has 0 fully saturated rings. The molecule has 4 aromatic heterocycles. The Labute approximate surface area is 235 Å². The Morgan fingerprint density at radius 1 is 0.537 bits per heavy atom. The van der Waals surface area contributed by atoms with Gasteiger partial charge in [-0.2, -0.15) is 0 Å². The van der Waals surface area contributed by atoms with E-state index in [-0.39, 0.29) is 0 Å². The molecule has 0 spiro atoms. The van der Waals surface area contributed by atoms with E-state index in [4.69, 9.17) is 4.98 Å². The average molecular weight is 525 g/mol. The summed E-state index contributed by atoms with van der Waals surface area (Å²) in [5, 5.41) is 3.73. The molecular formula is C37H24N4. The third-order valence-corrected chi connectivity index (χ3v) is 8.29. The van der Waals surface area contributed by atoms with Crippen LogP contribution in [0.1, 0.15) is 0 Å². The van der Waals surface area contributed by atoms with Crippen molar-refractivity contribution in [2.24, 2.45) is 0 Å². The largest absolute Gasteiger partial charge is 0.353 e. The van der Waals surface area contributed by atoms with Gasteiger partial charge in [-0.3, -0.25) is 4.57 Å². The van der Waals surface area contributed by atoms with Crippen LogP contribution in [0.5, 0.6) is 0 Å². The van der Waals surface area contributed by atoms with Crippen LogP contribution in [0.3, 0.4) is 0 Å². The fourth-order valence-corrected chi connectivity index (χ4v) is 6.47. The second kappa shape index (κ2) is 8.44. The van der Waals surface area contributed by atoms with Gasteiger partial charge in [0.2, 0.25) is 0 Å². The Balaban J connectivity index is 1.29. The van der Waals surface area contributed by atoms with Crippen molar-refractivity contribution in [2.45, 2.75) is 0 Å². The van der Waals surface area contributed by atoms with Gasteiger partial charge in [-0.25, -0.2) is 4.98 Å². The minimum atomic E-state index is 0.938. The number of nitrogens with one attached hydrogen (secondary N) is 1. The highest BCUT2D eigenvalue weighted by molar-refractivity contribution is 6.19. The minimum absolute atomic E-state index is 0.938. The van der Waals surface area contributed by atoms with E-state index >= 15 is 0 Å². The second-order valence-electron chi connectivity index (χ2n) is 10.6. The first-order valence-corrected chi connectivity index (χ1v) is 13.9. The number of imidazole rings is 1. The summed E-state index contributed by atoms with van der Waals surface area (Å²) >= 11 is 0. The topological polar surface area (TPSA) is 38.0 Å². The third kappa shape index (κ3) is 3.19. The van der Waals surface area contributed by atoms with Gasteiger partial charge in [0.05, 0.1) is 27.6 Å². The highest BCUT2D eigenvalue weighted by atomic mass is 15.1. The Bertz CT molecular complexity index is 2400. The van der Waals surface area contributed by atoms with Crippen molar-refractivity contribution in [3.63, 3.8) is 0 Å². The van der Waals surface area contributed by atoms with Gasteiger partial charge < -0.3 is 9.38 Å². The fourth-order valence-electron chi connectivity index (χ4n) is 6.47. The zero-order valence-electron chi connectivity index (χ0n) is 22.1. The summed E-state index contributed by atoms with van der Waals surface area (Å²) in [5.41, 5.74) is 11.4. The molecule has 0 aliphatic rings. The van der Waals surface area contributed by atoms with Crippen molar-refractivity contribution in [1.82, 2.24) is 18.9 Å². The van der Waals surface area contributed by atoms with Crippen LogP contribution in [0.15, 0.2) is 140 Å². The Morgan fingerprint density at radius 3 is 2.07 bits per heavy atom. The van der Waals surface area contributed by atoms with E-state index in [1.807, 2.05) is 12.1 Å². The van der Waals surface area contributed by atoms with Gasteiger partial charge in [0.15, 0.2) is 0 Å². The number of fused-ring (bicyclic) bond motifs is 8. The van der Waals surface area contributed by atoms with Crippen LogP contribution < -0.4 is 0 Å². The lowest BCUT2D eigenvalue weighted by Crippen LogP contribution is -1.97. The van der Waals surface area contributed by atoms with E-state index in [1.54, 1.807) is 0 Å². The standard InChI is InChI=1S/C37H24N4/c1-2-10-26(11-3-1)41-33-17-9-7-15-31(33)39-37(41)25-20-18-24(19-21-25)34-29-13-5-8-16-32(29)40-23-22-28-27-12-4-6-14-30(27)38-35(28)36(34)40/h1-23,38H. The molecule has 9 aromatic rings. The van der Waals surface area contributed by atoms with Crippen LogP contribution in [0, 0.1) is 0 Å². The van der Waals surface area contributed by atoms with Gasteiger partial charge in [-0.1, -0.05) is 91.0 Å². The first-order chi connectivity index (χ1) is 20.3. The van der Waals surface area contributed by atoms with Crippen molar-refractivity contribution in [2.75, 3.05) is 0 Å². The molecule has 4 heterocycles. The number of aromatic nitrogens is 4. The van der Waals surface area contributed by atoms with Crippen molar-refractivity contribution >= 4 is 49.3 Å². The molecule has 0 saturated heterocycles. The molecule has 0 amide bonds. The number of aromatic amines is 1. The van der Waals surface area contributed by atoms with Crippen LogP contribution in [-0.2, 0) is 0 Å². The summed E-state index contributed by atoms with van der Waals surface area (Å²) in [7, 11) is 0. The van der Waals surface area contributed by atoms with E-state index in [2.05, 4.69) is 141 Å². The van der Waals surface area contributed by atoms with Crippen LogP contribution >= 0.6 is 0 Å². The first-order valence-electron chi connectivity index (χ1n) is 13.9. The van der Waals surface area contributed by atoms with Crippen LogP contribution in [0.4, 0.5) is 0 Å². The monoisotopic (exact) mass is 524 g/mol. The number of hydrogen-bond donors (Lipinski definition) is 1. The third-order valence-electron chi connectivity index (χ3n) is 8.29. The van der Waals surface area contributed by atoms with Crippen molar-refractivity contribution in [3.8, 4) is 28.2 Å². The Kier molecular flexibility index (Phi) is 4.58. The van der Waals surface area contributed by atoms with E-state index in [1.165, 1.54) is 38.3 Å². The lowest BCUT2D eigenvalue weighted by molar-refractivity contribution is 1.10. The van der Waals surface area contributed by atoms with E-state index in [0.717, 1.165) is 39.1 Å². The van der Waals surface area contributed by atoms with E-state index in [0.29, 0.717) is 0 Å². The molecule has 1 N–H and O–H groups in total. The molecule has 0 unspecified atom stereocenters. The maximum Gasteiger partial charge on any atom is 0.145 e. The highest BCUT2D eigenvalue weighted by Crippen LogP contribution is 2.41. The number of hydrogen-bond acceptors (Lipinski definition) is 1. The number of para-hydroxylation sites is 5. The second-order valence-corrected chi connectivity index (χ2v) is 10.6. The van der Waals surface area contributed by atoms with Gasteiger partial charge >= 0.3 is 0 Å². The summed E-state index contributed by atoms with van der Waals surface area (Å²) in [6.45, 7) is 0. The van der Waals surface area contributed by atoms with Gasteiger partial charge in [0.25, 0.3) is 0 Å². The molecule has 9 rings (SSSR count). The maximum atomic E-state index is 5.07. The molecule has 0 aliphatic heterocycles. The molecule has 0 atom stereocenters. The maximum absolute atomic E-state index is 5.07. The zero-order valence-corrected chi connectivity index (χ0v) is 22.1. The molecule has 192 valence electrons. The number of benzene rings is 5. The summed E-state index contributed by atoms with van der Waals surface area (Å²) in [6.07, 6.45) is 2.21. The predicted molar refractivity (Wildman–Crippen MR) is 170 cm³/mol. The molecule has 5 aromatic carbocycles. The first kappa shape index (κ1) is 22.2. The molecule has 0 bridgehead atoms. The molecular weight excluding hydrogens is 500 g/mol. The molecule has 0 saturated carbocycles. The molecule has 4 heteroatoms. The van der Waals surface area contributed by atoms with Crippen LogP contribution in [-0.4, -0.2) is 18.9 Å². The summed E-state index contributed by atoms with van der Waals surface area (Å²) in [5.74, 6) is 0.938. The highest BCUT2D eigenvalue weighted by Gasteiger charge is 2.19. The molecule has 0 aliphatic carbocycles. The van der Waals surface area contributed by atoms with E-state index < -0.39 is 0 Å². The summed E-state index contributed by atoms with van der Waals surface area (Å²) < 4.78 is 4.58. The molecule has 41 heavy (non-hydrogen) atoms. The molecule has 4 nitrogen and oxygen atoms in total. The van der Waals surface area contributed by atoms with Gasteiger partial charge in [0, 0.05) is 44.7 Å². The fraction of sp³-hybridized carbons (Fsp3) is 0. The molecule has 0 radical (unpaired) electrons. The Morgan fingerprint density at radius 2 is 1.22 bits per heavy atom. The lowest BCUT2D eigenvalue weighted by atomic mass is 10.0. The van der Waals surface area contributed by atoms with Crippen molar-refractivity contribution < 1.29 is 0 Å². The summed E-state index contributed by atoms with van der Waals surface area (Å²) in [4.78, 5) is 8.81.